The van der Waals surface area contributed by atoms with E-state index in [0.29, 0.717) is 24.3 Å². The van der Waals surface area contributed by atoms with E-state index in [1.165, 1.54) is 11.1 Å². The van der Waals surface area contributed by atoms with Gasteiger partial charge in [0.1, 0.15) is 0 Å². The molecule has 0 bridgehead atoms. The lowest BCUT2D eigenvalue weighted by Crippen LogP contribution is -2.35. The van der Waals surface area contributed by atoms with E-state index < -0.39 is 0 Å². The molecule has 4 rings (SSSR count). The van der Waals surface area contributed by atoms with Crippen LogP contribution in [-0.2, 0) is 17.6 Å². The first kappa shape index (κ1) is 18.2. The van der Waals surface area contributed by atoms with Crippen LogP contribution in [0.25, 0.3) is 10.8 Å². The maximum Gasteiger partial charge on any atom is 0.272 e. The van der Waals surface area contributed by atoms with Gasteiger partial charge in [0.15, 0.2) is 5.82 Å². The van der Waals surface area contributed by atoms with Gasteiger partial charge in [-0.2, -0.15) is 5.10 Å². The molecule has 0 aliphatic heterocycles. The normalized spacial score (nSPS) is 15.8. The van der Waals surface area contributed by atoms with Gasteiger partial charge < -0.3 is 10.6 Å². The molecule has 0 spiro atoms. The van der Waals surface area contributed by atoms with E-state index >= 15 is 0 Å². The minimum Gasteiger partial charge on any atom is -0.368 e. The highest BCUT2D eigenvalue weighted by molar-refractivity contribution is 5.90. The van der Waals surface area contributed by atoms with Crippen LogP contribution in [0.1, 0.15) is 24.0 Å². The number of rotatable bonds is 6. The van der Waals surface area contributed by atoms with Crippen LogP contribution in [0.4, 0.5) is 5.82 Å². The quantitative estimate of drug-likeness (QED) is 0.577. The zero-order valence-electron chi connectivity index (χ0n) is 15.7. The highest BCUT2D eigenvalue weighted by Gasteiger charge is 2.23. The summed E-state index contributed by atoms with van der Waals surface area (Å²) < 4.78 is 0. The number of H-pyrrole nitrogens is 1. The van der Waals surface area contributed by atoms with Gasteiger partial charge in [-0.05, 0) is 42.9 Å². The van der Waals surface area contributed by atoms with Crippen molar-refractivity contribution in [1.82, 2.24) is 15.5 Å². The Morgan fingerprint density at radius 1 is 1.04 bits per heavy atom. The lowest BCUT2D eigenvalue weighted by molar-refractivity contribution is -0.125. The molecule has 2 aromatic carbocycles. The number of aryl methyl sites for hydroxylation is 1. The molecule has 1 amide bonds. The molecule has 3 aromatic rings. The smallest absolute Gasteiger partial charge is 0.272 e. The monoisotopic (exact) mass is 376 g/mol. The summed E-state index contributed by atoms with van der Waals surface area (Å²) in [5.74, 6) is 0.861. The van der Waals surface area contributed by atoms with Crippen LogP contribution < -0.4 is 16.2 Å². The van der Waals surface area contributed by atoms with Crippen LogP contribution in [0.3, 0.4) is 0 Å². The number of benzene rings is 2. The number of aromatic amines is 1. The van der Waals surface area contributed by atoms with Crippen molar-refractivity contribution in [2.75, 3.05) is 18.4 Å². The molecule has 0 radical (unpaired) electrons. The third-order valence-electron chi connectivity index (χ3n) is 5.36. The first-order valence-electron chi connectivity index (χ1n) is 9.78. The minimum atomic E-state index is -0.192. The molecular formula is C22H24N4O2. The molecule has 6 heteroatoms. The molecule has 6 nitrogen and oxygen atoms in total. The number of hydrogen-bond acceptors (Lipinski definition) is 4. The lowest BCUT2D eigenvalue weighted by Gasteiger charge is -2.23. The summed E-state index contributed by atoms with van der Waals surface area (Å²) in [7, 11) is 0. The summed E-state index contributed by atoms with van der Waals surface area (Å²) in [6, 6.07) is 15.8. The van der Waals surface area contributed by atoms with Gasteiger partial charge in [0.25, 0.3) is 5.56 Å². The van der Waals surface area contributed by atoms with E-state index in [4.69, 9.17) is 0 Å². The summed E-state index contributed by atoms with van der Waals surface area (Å²) >= 11 is 0. The average Bonchev–Trinajstić information content (AvgIpc) is 2.74. The summed E-state index contributed by atoms with van der Waals surface area (Å²) in [5.41, 5.74) is 2.48. The second kappa shape index (κ2) is 8.25. The van der Waals surface area contributed by atoms with Crippen LogP contribution in [0, 0.1) is 5.92 Å². The maximum atomic E-state index is 12.5. The fourth-order valence-electron chi connectivity index (χ4n) is 3.82. The third-order valence-corrected chi connectivity index (χ3v) is 5.36. The number of nitrogens with zero attached hydrogens (tertiary/aromatic N) is 1. The van der Waals surface area contributed by atoms with Gasteiger partial charge in [0, 0.05) is 24.4 Å². The van der Waals surface area contributed by atoms with E-state index in [1.807, 2.05) is 24.3 Å². The van der Waals surface area contributed by atoms with E-state index in [2.05, 4.69) is 39.0 Å². The first-order valence-corrected chi connectivity index (χ1v) is 9.78. The molecule has 1 atom stereocenters. The lowest BCUT2D eigenvalue weighted by atomic mass is 9.83. The van der Waals surface area contributed by atoms with Crippen LogP contribution in [-0.4, -0.2) is 29.2 Å². The summed E-state index contributed by atoms with van der Waals surface area (Å²) in [5, 5.41) is 14.3. The Morgan fingerprint density at radius 3 is 2.64 bits per heavy atom. The van der Waals surface area contributed by atoms with Crippen LogP contribution in [0.5, 0.6) is 0 Å². The molecule has 144 valence electrons. The SMILES string of the molecule is O=C(NCCCNc1n[nH]c(=O)c2ccccc12)C1CCc2ccccc2C1. The van der Waals surface area contributed by atoms with Crippen LogP contribution >= 0.6 is 0 Å². The van der Waals surface area contributed by atoms with Crippen molar-refractivity contribution in [2.24, 2.45) is 5.92 Å². The van der Waals surface area contributed by atoms with Gasteiger partial charge in [-0.3, -0.25) is 9.59 Å². The van der Waals surface area contributed by atoms with Crippen molar-refractivity contribution >= 4 is 22.5 Å². The van der Waals surface area contributed by atoms with Crippen molar-refractivity contribution in [3.8, 4) is 0 Å². The van der Waals surface area contributed by atoms with Crippen molar-refractivity contribution in [2.45, 2.75) is 25.7 Å². The maximum absolute atomic E-state index is 12.5. The van der Waals surface area contributed by atoms with Crippen molar-refractivity contribution < 1.29 is 4.79 Å². The van der Waals surface area contributed by atoms with Gasteiger partial charge in [-0.15, -0.1) is 0 Å². The fraction of sp³-hybridized carbons (Fsp3) is 0.318. The first-order chi connectivity index (χ1) is 13.7. The molecular weight excluding hydrogens is 352 g/mol. The molecule has 1 aromatic heterocycles. The van der Waals surface area contributed by atoms with Gasteiger partial charge >= 0.3 is 0 Å². The Kier molecular flexibility index (Phi) is 5.37. The van der Waals surface area contributed by atoms with Crippen molar-refractivity contribution in [3.05, 3.63) is 70.0 Å². The molecule has 1 aliphatic rings. The number of carbonyl (C=O) groups is 1. The Labute approximate surface area is 163 Å². The molecule has 0 fully saturated rings. The van der Waals surface area contributed by atoms with Crippen LogP contribution in [0.15, 0.2) is 53.3 Å². The summed E-state index contributed by atoms with van der Waals surface area (Å²) in [6.07, 6.45) is 3.49. The van der Waals surface area contributed by atoms with Gasteiger partial charge in [0.2, 0.25) is 5.91 Å². The topological polar surface area (TPSA) is 86.9 Å². The van der Waals surface area contributed by atoms with Gasteiger partial charge in [0.05, 0.1) is 5.39 Å². The molecule has 0 saturated heterocycles. The number of hydrogen-bond donors (Lipinski definition) is 3. The summed E-state index contributed by atoms with van der Waals surface area (Å²) in [6.45, 7) is 1.28. The van der Waals surface area contributed by atoms with Crippen LogP contribution in [0.2, 0.25) is 0 Å². The minimum absolute atomic E-state index is 0.0627. The second-order valence-corrected chi connectivity index (χ2v) is 7.23. The van der Waals surface area contributed by atoms with Gasteiger partial charge in [-0.1, -0.05) is 42.5 Å². The third kappa shape index (κ3) is 3.91. The van der Waals surface area contributed by atoms with Crippen molar-refractivity contribution in [3.63, 3.8) is 0 Å². The molecule has 3 N–H and O–H groups in total. The number of carbonyl (C=O) groups excluding carboxylic acids is 1. The molecule has 0 saturated carbocycles. The number of anilines is 1. The van der Waals surface area contributed by atoms with Gasteiger partial charge in [-0.25, -0.2) is 5.10 Å². The Balaban J connectivity index is 1.25. The fourth-order valence-corrected chi connectivity index (χ4v) is 3.82. The van der Waals surface area contributed by atoms with E-state index in [0.717, 1.165) is 31.1 Å². The van der Waals surface area contributed by atoms with Crippen molar-refractivity contribution in [1.29, 1.82) is 0 Å². The number of fused-ring (bicyclic) bond motifs is 2. The zero-order valence-corrected chi connectivity index (χ0v) is 15.7. The largest absolute Gasteiger partial charge is 0.368 e. The Morgan fingerprint density at radius 2 is 1.79 bits per heavy atom. The molecule has 28 heavy (non-hydrogen) atoms. The highest BCUT2D eigenvalue weighted by Crippen LogP contribution is 2.25. The number of amides is 1. The second-order valence-electron chi connectivity index (χ2n) is 7.23. The molecule has 1 unspecified atom stereocenters. The predicted octanol–water partition coefficient (Wildman–Crippen LogP) is 2.65. The van der Waals surface area contributed by atoms with E-state index in [-0.39, 0.29) is 17.4 Å². The Bertz CT molecular complexity index is 1040. The Hall–Kier alpha value is -3.15. The zero-order chi connectivity index (χ0) is 19.3. The predicted molar refractivity (Wildman–Crippen MR) is 110 cm³/mol. The number of nitrogens with one attached hydrogen (secondary N) is 3. The van der Waals surface area contributed by atoms with E-state index in [9.17, 15) is 9.59 Å². The summed E-state index contributed by atoms with van der Waals surface area (Å²) in [4.78, 5) is 24.3. The number of aromatic nitrogens is 2. The van der Waals surface area contributed by atoms with E-state index in [1.54, 1.807) is 6.07 Å². The highest BCUT2D eigenvalue weighted by atomic mass is 16.2. The average molecular weight is 376 g/mol. The standard InChI is InChI=1S/C22H24N4O2/c27-21(17-11-10-15-6-1-2-7-16(15)14-17)24-13-5-12-23-20-18-8-3-4-9-19(18)22(28)26-25-20/h1-4,6-9,17H,5,10-14H2,(H,23,25)(H,24,27)(H,26,28). The molecule has 1 aliphatic carbocycles. The molecule has 1 heterocycles.